The lowest BCUT2D eigenvalue weighted by molar-refractivity contribution is -0.142. The highest BCUT2D eigenvalue weighted by atomic mass is 32.2. The first-order chi connectivity index (χ1) is 29.0. The van der Waals surface area contributed by atoms with Crippen LogP contribution >= 0.6 is 23.5 Å². The predicted molar refractivity (Wildman–Crippen MR) is 221 cm³/mol. The highest BCUT2D eigenvalue weighted by molar-refractivity contribution is 8.08. The molecular formula is C42H53NO14S2. The lowest BCUT2D eigenvalue weighted by atomic mass is 10.3. The van der Waals surface area contributed by atoms with Crippen LogP contribution in [0.15, 0.2) is 105 Å². The Morgan fingerprint density at radius 3 is 1.10 bits per heavy atom. The highest BCUT2D eigenvalue weighted by Crippen LogP contribution is 2.44. The Morgan fingerprint density at radius 2 is 0.763 bits per heavy atom. The zero-order valence-corrected chi connectivity index (χ0v) is 34.7. The molecule has 1 aliphatic rings. The summed E-state index contributed by atoms with van der Waals surface area (Å²) in [5.41, 5.74) is 0.469. The smallest absolute Gasteiger partial charge is 0.329 e. The van der Waals surface area contributed by atoms with Crippen LogP contribution in [0.3, 0.4) is 0 Å². The minimum absolute atomic E-state index is 0.230. The molecule has 59 heavy (non-hydrogen) atoms. The number of thioether (sulfide) groups is 2. The number of hydrogen-bond donors (Lipinski definition) is 1. The Balaban J connectivity index is 0.934. The molecule has 0 aromatic heterocycles. The van der Waals surface area contributed by atoms with Crippen molar-refractivity contribution in [3.05, 3.63) is 94.7 Å². The van der Waals surface area contributed by atoms with Gasteiger partial charge < -0.3 is 52.5 Å². The number of ether oxygens (including phenoxy) is 10. The number of aliphatic carboxylic acids is 1. The van der Waals surface area contributed by atoms with Crippen molar-refractivity contribution >= 4 is 47.0 Å². The maximum Gasteiger partial charge on any atom is 0.329 e. The fourth-order valence-corrected chi connectivity index (χ4v) is 6.97. The molecule has 15 nitrogen and oxygen atoms in total. The molecule has 1 aliphatic heterocycles. The third kappa shape index (κ3) is 19.8. The molecule has 0 saturated heterocycles. The van der Waals surface area contributed by atoms with Crippen LogP contribution in [0.1, 0.15) is 0 Å². The van der Waals surface area contributed by atoms with E-state index in [1.165, 1.54) is 28.4 Å². The molecule has 3 aromatic rings. The number of carboxylic acid groups (broad SMARTS) is 1. The third-order valence-corrected chi connectivity index (χ3v) is 10.0. The zero-order valence-electron chi connectivity index (χ0n) is 33.0. The first kappa shape index (κ1) is 47.8. The van der Waals surface area contributed by atoms with E-state index >= 15 is 0 Å². The molecule has 0 spiro atoms. The number of anilines is 1. The number of carbonyl (C=O) groups is 3. The van der Waals surface area contributed by atoms with Gasteiger partial charge in [-0.25, -0.2) is 9.69 Å². The van der Waals surface area contributed by atoms with Crippen LogP contribution in [-0.2, 0) is 57.0 Å². The monoisotopic (exact) mass is 859 g/mol. The standard InChI is InChI=1S/C42H53NO14S2/c44-38(45)33-56-30-29-54-26-25-52-22-21-50-18-17-48-15-16-49-19-20-51-23-24-53-27-28-55-31-32-57-35-13-11-34(12-14-35)43-41(46)39(58-36-7-3-1-4-8-36)40(42(43)47)59-37-9-5-2-6-10-37/h1-14H,15-33H2,(H,44,45). The van der Waals surface area contributed by atoms with Crippen LogP contribution < -0.4 is 9.64 Å². The fourth-order valence-electron chi connectivity index (χ4n) is 4.95. The van der Waals surface area contributed by atoms with Gasteiger partial charge in [-0.2, -0.15) is 0 Å². The molecule has 0 fully saturated rings. The van der Waals surface area contributed by atoms with E-state index in [0.29, 0.717) is 134 Å². The van der Waals surface area contributed by atoms with E-state index in [2.05, 4.69) is 0 Å². The molecule has 4 rings (SSSR count). The topological polar surface area (TPSA) is 167 Å². The van der Waals surface area contributed by atoms with Crippen molar-refractivity contribution in [3.63, 3.8) is 0 Å². The summed E-state index contributed by atoms with van der Waals surface area (Å²) in [6.45, 7) is 7.09. The summed E-state index contributed by atoms with van der Waals surface area (Å²) in [4.78, 5) is 41.4. The molecule has 1 N–H and O–H groups in total. The Hall–Kier alpha value is -3.85. The SMILES string of the molecule is O=C(O)COCCOCCOCCOCCOCCOCCOCCOCCOCCOc1ccc(N2C(=O)C(Sc3ccccc3)=C(Sc3ccccc3)C2=O)cc1. The van der Waals surface area contributed by atoms with Crippen molar-refractivity contribution in [1.29, 1.82) is 0 Å². The van der Waals surface area contributed by atoms with E-state index in [4.69, 9.17) is 52.5 Å². The maximum atomic E-state index is 13.6. The van der Waals surface area contributed by atoms with Crippen molar-refractivity contribution in [2.75, 3.05) is 130 Å². The van der Waals surface area contributed by atoms with Gasteiger partial charge in [-0.05, 0) is 48.5 Å². The lowest BCUT2D eigenvalue weighted by Gasteiger charge is -2.16. The van der Waals surface area contributed by atoms with Gasteiger partial charge in [0.15, 0.2) is 0 Å². The van der Waals surface area contributed by atoms with Gasteiger partial charge >= 0.3 is 5.97 Å². The minimum Gasteiger partial charge on any atom is -0.491 e. The second kappa shape index (κ2) is 30.2. The first-order valence-electron chi connectivity index (χ1n) is 19.3. The molecule has 1 heterocycles. The van der Waals surface area contributed by atoms with Gasteiger partial charge in [0.2, 0.25) is 0 Å². The Labute approximate surface area is 353 Å². The van der Waals surface area contributed by atoms with Gasteiger partial charge in [-0.3, -0.25) is 9.59 Å². The molecule has 0 aliphatic carbocycles. The number of hydrogen-bond acceptors (Lipinski definition) is 15. The van der Waals surface area contributed by atoms with Crippen molar-refractivity contribution in [2.45, 2.75) is 9.79 Å². The molecule has 322 valence electrons. The number of benzene rings is 3. The van der Waals surface area contributed by atoms with E-state index in [-0.39, 0.29) is 25.0 Å². The molecule has 0 unspecified atom stereocenters. The molecule has 0 bridgehead atoms. The van der Waals surface area contributed by atoms with E-state index in [1.54, 1.807) is 24.3 Å². The maximum absolute atomic E-state index is 13.6. The summed E-state index contributed by atoms with van der Waals surface area (Å²) in [6, 6.07) is 26.0. The second-order valence-electron chi connectivity index (χ2n) is 12.1. The van der Waals surface area contributed by atoms with Crippen LogP contribution in [0.25, 0.3) is 0 Å². The molecule has 0 atom stereocenters. The number of rotatable bonds is 35. The largest absolute Gasteiger partial charge is 0.491 e. The number of nitrogens with zero attached hydrogens (tertiary/aromatic N) is 1. The molecule has 17 heteroatoms. The molecule has 3 aromatic carbocycles. The van der Waals surface area contributed by atoms with Gasteiger partial charge in [0.25, 0.3) is 11.8 Å². The van der Waals surface area contributed by atoms with Gasteiger partial charge in [-0.15, -0.1) is 0 Å². The fraction of sp³-hybridized carbons (Fsp3) is 0.452. The lowest BCUT2D eigenvalue weighted by Crippen LogP contribution is -2.31. The Bertz CT molecular complexity index is 1590. The van der Waals surface area contributed by atoms with Gasteiger partial charge in [0.05, 0.1) is 128 Å². The van der Waals surface area contributed by atoms with Gasteiger partial charge in [0, 0.05) is 9.79 Å². The average Bonchev–Trinajstić information content (AvgIpc) is 3.47. The number of carboxylic acids is 1. The van der Waals surface area contributed by atoms with Crippen LogP contribution in [0.2, 0.25) is 0 Å². The molecule has 0 saturated carbocycles. The van der Waals surface area contributed by atoms with Gasteiger partial charge in [-0.1, -0.05) is 59.9 Å². The average molecular weight is 860 g/mol. The summed E-state index contributed by atoms with van der Waals surface area (Å²) < 4.78 is 54.3. The Kier molecular flexibility index (Phi) is 24.5. The zero-order chi connectivity index (χ0) is 41.6. The minimum atomic E-state index is -1.00. The molecule has 2 amide bonds. The Morgan fingerprint density at radius 1 is 0.441 bits per heavy atom. The van der Waals surface area contributed by atoms with Crippen LogP contribution in [0.5, 0.6) is 5.75 Å². The van der Waals surface area contributed by atoms with Crippen molar-refractivity contribution in [1.82, 2.24) is 0 Å². The molecule has 0 radical (unpaired) electrons. The number of amides is 2. The van der Waals surface area contributed by atoms with Crippen LogP contribution in [0, 0.1) is 0 Å². The summed E-state index contributed by atoms with van der Waals surface area (Å²) in [5, 5.41) is 8.45. The number of carbonyl (C=O) groups excluding carboxylic acids is 2. The third-order valence-electron chi connectivity index (χ3n) is 7.72. The van der Waals surface area contributed by atoms with Crippen molar-refractivity contribution in [3.8, 4) is 5.75 Å². The first-order valence-corrected chi connectivity index (χ1v) is 20.9. The van der Waals surface area contributed by atoms with Crippen LogP contribution in [-0.4, -0.2) is 148 Å². The summed E-state index contributed by atoms with van der Waals surface area (Å²) in [7, 11) is 0. The normalized spacial score (nSPS) is 12.8. The number of imide groups is 1. The summed E-state index contributed by atoms with van der Waals surface area (Å²) in [5.74, 6) is -1.12. The van der Waals surface area contributed by atoms with Gasteiger partial charge in [0.1, 0.15) is 19.0 Å². The van der Waals surface area contributed by atoms with Crippen molar-refractivity contribution < 1.29 is 66.9 Å². The second-order valence-corrected chi connectivity index (χ2v) is 14.3. The highest BCUT2D eigenvalue weighted by Gasteiger charge is 2.40. The van der Waals surface area contributed by atoms with E-state index in [9.17, 15) is 14.4 Å². The van der Waals surface area contributed by atoms with Crippen molar-refractivity contribution in [2.24, 2.45) is 0 Å². The van der Waals surface area contributed by atoms with Crippen LogP contribution in [0.4, 0.5) is 5.69 Å². The predicted octanol–water partition coefficient (Wildman–Crippen LogP) is 4.97. The quantitative estimate of drug-likeness (QED) is 0.0622. The van der Waals surface area contributed by atoms with E-state index in [0.717, 1.165) is 9.79 Å². The summed E-state index contributed by atoms with van der Waals surface area (Å²) >= 11 is 2.59. The van der Waals surface area contributed by atoms with E-state index in [1.807, 2.05) is 60.7 Å². The van der Waals surface area contributed by atoms with E-state index < -0.39 is 5.97 Å². The summed E-state index contributed by atoms with van der Waals surface area (Å²) in [6.07, 6.45) is 0. The molecular weight excluding hydrogens is 807 g/mol.